The van der Waals surface area contributed by atoms with Crippen molar-refractivity contribution in [3.63, 3.8) is 0 Å². The van der Waals surface area contributed by atoms with E-state index in [-0.39, 0.29) is 0 Å². The molecule has 0 saturated heterocycles. The van der Waals surface area contributed by atoms with Crippen LogP contribution in [0.4, 0.5) is 8.78 Å². The van der Waals surface area contributed by atoms with Crippen LogP contribution in [-0.4, -0.2) is 0 Å². The third-order valence-electron chi connectivity index (χ3n) is 2.63. The van der Waals surface area contributed by atoms with Crippen LogP contribution in [0.3, 0.4) is 0 Å². The lowest BCUT2D eigenvalue weighted by Crippen LogP contribution is -1.98. The summed E-state index contributed by atoms with van der Waals surface area (Å²) in [6.45, 7) is 2.02. The fourth-order valence-corrected chi connectivity index (χ4v) is 3.17. The predicted molar refractivity (Wildman–Crippen MR) is 67.8 cm³/mol. The molecule has 0 amide bonds. The zero-order valence-electron chi connectivity index (χ0n) is 9.21. The first-order valence-corrected chi connectivity index (χ1v) is 6.60. The maximum atomic E-state index is 13.6. The van der Waals surface area contributed by atoms with Gasteiger partial charge in [0, 0.05) is 16.5 Å². The molecule has 0 nitrogen and oxygen atoms in total. The van der Waals surface area contributed by atoms with E-state index in [2.05, 4.69) is 0 Å². The van der Waals surface area contributed by atoms with Gasteiger partial charge >= 0.3 is 0 Å². The summed E-state index contributed by atoms with van der Waals surface area (Å²) < 4.78 is 26.4. The average Bonchev–Trinajstić information content (AvgIpc) is 2.76. The third kappa shape index (κ3) is 2.50. The summed E-state index contributed by atoms with van der Waals surface area (Å²) in [5, 5.41) is 1.39. The van der Waals surface area contributed by atoms with Gasteiger partial charge < -0.3 is 0 Å². The molecule has 0 aliphatic carbocycles. The van der Waals surface area contributed by atoms with E-state index in [1.807, 2.05) is 18.4 Å². The first-order valence-electron chi connectivity index (χ1n) is 5.28. The Morgan fingerprint density at radius 1 is 1.29 bits per heavy atom. The number of halogens is 3. The zero-order chi connectivity index (χ0) is 12.4. The highest BCUT2D eigenvalue weighted by atomic mass is 35.5. The number of rotatable bonds is 3. The molecule has 1 aromatic carbocycles. The van der Waals surface area contributed by atoms with Crippen LogP contribution >= 0.6 is 22.9 Å². The minimum atomic E-state index is -0.597. The minimum absolute atomic E-state index is 0.324. The molecule has 2 rings (SSSR count). The highest BCUT2D eigenvalue weighted by Gasteiger charge is 2.19. The number of aryl methyl sites for hydroxylation is 1. The normalized spacial score (nSPS) is 12.7. The fraction of sp³-hybridized carbons (Fsp3) is 0.231. The third-order valence-corrected chi connectivity index (χ3v) is 4.23. The molecular formula is C13H11ClF2S. The summed E-state index contributed by atoms with van der Waals surface area (Å²) in [4.78, 5) is 0.930. The summed E-state index contributed by atoms with van der Waals surface area (Å²) in [7, 11) is 0. The average molecular weight is 273 g/mol. The molecular weight excluding hydrogens is 262 g/mol. The largest absolute Gasteiger partial charge is 0.207 e. The van der Waals surface area contributed by atoms with Gasteiger partial charge in [-0.05, 0) is 29.5 Å². The van der Waals surface area contributed by atoms with Crippen LogP contribution in [0.15, 0.2) is 29.6 Å². The maximum absolute atomic E-state index is 13.6. The topological polar surface area (TPSA) is 0 Å². The molecule has 4 heteroatoms. The maximum Gasteiger partial charge on any atom is 0.131 e. The summed E-state index contributed by atoms with van der Waals surface area (Å²) >= 11 is 7.76. The highest BCUT2D eigenvalue weighted by Crippen LogP contribution is 2.36. The lowest BCUT2D eigenvalue weighted by atomic mass is 10.1. The molecule has 0 spiro atoms. The van der Waals surface area contributed by atoms with E-state index in [0.717, 1.165) is 22.9 Å². The van der Waals surface area contributed by atoms with Gasteiger partial charge in [0.25, 0.3) is 0 Å². The van der Waals surface area contributed by atoms with Crippen molar-refractivity contribution < 1.29 is 8.78 Å². The van der Waals surface area contributed by atoms with E-state index in [1.165, 1.54) is 23.5 Å². The summed E-state index contributed by atoms with van der Waals surface area (Å²) in [5.41, 5.74) is 1.43. The van der Waals surface area contributed by atoms with Crippen LogP contribution in [0.2, 0.25) is 0 Å². The van der Waals surface area contributed by atoms with Gasteiger partial charge in [-0.15, -0.1) is 22.9 Å². The quantitative estimate of drug-likeness (QED) is 0.696. The number of hydrogen-bond acceptors (Lipinski definition) is 1. The van der Waals surface area contributed by atoms with E-state index in [9.17, 15) is 8.78 Å². The Balaban J connectivity index is 2.40. The Labute approximate surface area is 108 Å². The van der Waals surface area contributed by atoms with Crippen molar-refractivity contribution in [1.29, 1.82) is 0 Å². The van der Waals surface area contributed by atoms with E-state index in [0.29, 0.717) is 5.56 Å². The first-order chi connectivity index (χ1) is 8.13. The summed E-state index contributed by atoms with van der Waals surface area (Å²) in [6, 6.07) is 5.48. The molecule has 0 radical (unpaired) electrons. The number of thiophene rings is 1. The van der Waals surface area contributed by atoms with Crippen molar-refractivity contribution in [3.8, 4) is 0 Å². The van der Waals surface area contributed by atoms with Crippen LogP contribution in [-0.2, 0) is 6.42 Å². The molecule has 2 aromatic rings. The Kier molecular flexibility index (Phi) is 3.79. The second-order valence-corrected chi connectivity index (χ2v) is 5.08. The Hall–Kier alpha value is -0.930. The van der Waals surface area contributed by atoms with Crippen LogP contribution in [0.1, 0.15) is 28.3 Å². The Bertz CT molecular complexity index is 522. The van der Waals surface area contributed by atoms with Crippen molar-refractivity contribution >= 4 is 22.9 Å². The fourth-order valence-electron chi connectivity index (χ4n) is 1.71. The van der Waals surface area contributed by atoms with Crippen molar-refractivity contribution in [1.82, 2.24) is 0 Å². The van der Waals surface area contributed by atoms with Gasteiger partial charge in [-0.3, -0.25) is 0 Å². The van der Waals surface area contributed by atoms with E-state index < -0.39 is 17.0 Å². The van der Waals surface area contributed by atoms with Crippen molar-refractivity contribution in [2.45, 2.75) is 18.7 Å². The first kappa shape index (κ1) is 12.5. The molecule has 90 valence electrons. The Morgan fingerprint density at radius 2 is 2.06 bits per heavy atom. The van der Waals surface area contributed by atoms with Gasteiger partial charge in [0.15, 0.2) is 0 Å². The number of benzene rings is 1. The van der Waals surface area contributed by atoms with Gasteiger partial charge in [0.2, 0.25) is 0 Å². The second kappa shape index (κ2) is 5.15. The number of alkyl halides is 1. The molecule has 1 unspecified atom stereocenters. The van der Waals surface area contributed by atoms with Gasteiger partial charge in [0.05, 0.1) is 5.38 Å². The van der Waals surface area contributed by atoms with Crippen LogP contribution in [0.5, 0.6) is 0 Å². The second-order valence-electron chi connectivity index (χ2n) is 3.69. The Morgan fingerprint density at radius 3 is 2.71 bits per heavy atom. The predicted octanol–water partition coefficient (Wildman–Crippen LogP) is 4.92. The smallest absolute Gasteiger partial charge is 0.131 e. The van der Waals surface area contributed by atoms with E-state index in [1.54, 1.807) is 0 Å². The zero-order valence-corrected chi connectivity index (χ0v) is 10.8. The van der Waals surface area contributed by atoms with Crippen LogP contribution in [0.25, 0.3) is 0 Å². The molecule has 1 heterocycles. The van der Waals surface area contributed by atoms with E-state index in [4.69, 9.17) is 11.6 Å². The van der Waals surface area contributed by atoms with Crippen LogP contribution in [0, 0.1) is 11.6 Å². The van der Waals surface area contributed by atoms with Crippen molar-refractivity contribution in [2.24, 2.45) is 0 Å². The van der Waals surface area contributed by atoms with Gasteiger partial charge in [0.1, 0.15) is 11.6 Å². The molecule has 1 aromatic heterocycles. The molecule has 0 saturated carbocycles. The minimum Gasteiger partial charge on any atom is -0.207 e. The van der Waals surface area contributed by atoms with Gasteiger partial charge in [-0.1, -0.05) is 13.0 Å². The van der Waals surface area contributed by atoms with Gasteiger partial charge in [-0.25, -0.2) is 8.78 Å². The molecule has 1 atom stereocenters. The molecule has 0 fully saturated rings. The van der Waals surface area contributed by atoms with E-state index >= 15 is 0 Å². The molecule has 0 bridgehead atoms. The SMILES string of the molecule is CCc1ccsc1C(Cl)c1ccc(F)cc1F. The standard InChI is InChI=1S/C13H11ClF2S/c1-2-8-5-6-17-13(8)12(14)10-4-3-9(15)7-11(10)16/h3-7,12H,2H2,1H3. The molecule has 0 N–H and O–H groups in total. The summed E-state index contributed by atoms with van der Waals surface area (Å²) in [6.07, 6.45) is 0.852. The summed E-state index contributed by atoms with van der Waals surface area (Å²) in [5.74, 6) is -1.18. The van der Waals surface area contributed by atoms with Crippen LogP contribution < -0.4 is 0 Å². The highest BCUT2D eigenvalue weighted by molar-refractivity contribution is 7.10. The monoisotopic (exact) mass is 272 g/mol. The van der Waals surface area contributed by atoms with Crippen molar-refractivity contribution in [3.05, 3.63) is 57.3 Å². The lowest BCUT2D eigenvalue weighted by Gasteiger charge is -2.11. The number of hydrogen-bond donors (Lipinski definition) is 0. The molecule has 0 aliphatic heterocycles. The molecule has 0 aliphatic rings. The lowest BCUT2D eigenvalue weighted by molar-refractivity contribution is 0.574. The van der Waals surface area contributed by atoms with Gasteiger partial charge in [-0.2, -0.15) is 0 Å². The van der Waals surface area contributed by atoms with Crippen molar-refractivity contribution in [2.75, 3.05) is 0 Å². The molecule has 17 heavy (non-hydrogen) atoms.